The van der Waals surface area contributed by atoms with Crippen LogP contribution in [-0.2, 0) is 4.75 Å². The highest BCUT2D eigenvalue weighted by Crippen LogP contribution is 2.38. The number of hydrogen-bond donors (Lipinski definition) is 1. The van der Waals surface area contributed by atoms with Gasteiger partial charge in [-0.25, -0.2) is 0 Å². The number of aryl methyl sites for hydroxylation is 1. The van der Waals surface area contributed by atoms with Crippen molar-refractivity contribution < 1.29 is 9.47 Å². The third kappa shape index (κ3) is 2.07. The van der Waals surface area contributed by atoms with Crippen LogP contribution in [0.3, 0.4) is 0 Å². The zero-order valence-electron chi connectivity index (χ0n) is 9.33. The van der Waals surface area contributed by atoms with E-state index in [4.69, 9.17) is 9.47 Å². The summed E-state index contributed by atoms with van der Waals surface area (Å²) >= 11 is 4.59. The van der Waals surface area contributed by atoms with Crippen LogP contribution in [0.1, 0.15) is 25.0 Å². The van der Waals surface area contributed by atoms with Crippen LogP contribution in [0.25, 0.3) is 0 Å². The predicted molar refractivity (Wildman–Crippen MR) is 64.2 cm³/mol. The van der Waals surface area contributed by atoms with Crippen LogP contribution >= 0.6 is 12.6 Å². The van der Waals surface area contributed by atoms with E-state index in [1.54, 1.807) is 0 Å². The molecule has 0 bridgehead atoms. The molecule has 1 heterocycles. The van der Waals surface area contributed by atoms with Crippen molar-refractivity contribution in [1.82, 2.24) is 0 Å². The maximum absolute atomic E-state index is 5.56. The van der Waals surface area contributed by atoms with Crippen molar-refractivity contribution in [1.29, 1.82) is 0 Å². The van der Waals surface area contributed by atoms with E-state index in [-0.39, 0.29) is 4.75 Å². The minimum Gasteiger partial charge on any atom is -0.486 e. The van der Waals surface area contributed by atoms with Crippen molar-refractivity contribution in [3.63, 3.8) is 0 Å². The Bertz CT molecular complexity index is 380. The van der Waals surface area contributed by atoms with Gasteiger partial charge in [0, 0.05) is 4.75 Å². The summed E-state index contributed by atoms with van der Waals surface area (Å²) in [5.74, 6) is 1.68. The summed E-state index contributed by atoms with van der Waals surface area (Å²) in [7, 11) is 0. The molecule has 0 fully saturated rings. The number of thiol groups is 1. The Morgan fingerprint density at radius 3 is 2.20 bits per heavy atom. The van der Waals surface area contributed by atoms with Gasteiger partial charge in [0.1, 0.15) is 13.2 Å². The smallest absolute Gasteiger partial charge is 0.161 e. The van der Waals surface area contributed by atoms with Crippen molar-refractivity contribution in [2.45, 2.75) is 25.5 Å². The Morgan fingerprint density at radius 2 is 1.67 bits per heavy atom. The van der Waals surface area contributed by atoms with E-state index >= 15 is 0 Å². The molecule has 3 heteroatoms. The lowest BCUT2D eigenvalue weighted by Crippen LogP contribution is -2.17. The fraction of sp³-hybridized carbons (Fsp3) is 0.500. The summed E-state index contributed by atoms with van der Waals surface area (Å²) in [5, 5.41) is 0. The number of ether oxygens (including phenoxy) is 2. The Hall–Kier alpha value is -0.830. The van der Waals surface area contributed by atoms with Gasteiger partial charge in [-0.05, 0) is 44.0 Å². The fourth-order valence-corrected chi connectivity index (χ4v) is 2.09. The summed E-state index contributed by atoms with van der Waals surface area (Å²) in [5.41, 5.74) is 2.38. The molecule has 15 heavy (non-hydrogen) atoms. The molecule has 1 aromatic carbocycles. The van der Waals surface area contributed by atoms with Gasteiger partial charge < -0.3 is 9.47 Å². The molecule has 0 unspecified atom stereocenters. The highest BCUT2D eigenvalue weighted by molar-refractivity contribution is 7.81. The second-order valence-electron chi connectivity index (χ2n) is 4.37. The molecule has 0 aliphatic carbocycles. The molecule has 0 saturated carbocycles. The largest absolute Gasteiger partial charge is 0.486 e. The molecule has 0 atom stereocenters. The van der Waals surface area contributed by atoms with Gasteiger partial charge in [0.15, 0.2) is 11.5 Å². The van der Waals surface area contributed by atoms with Gasteiger partial charge in [0.05, 0.1) is 0 Å². The topological polar surface area (TPSA) is 18.5 Å². The number of rotatable bonds is 1. The standard InChI is InChI=1S/C12H16O2S/c1-8-6-10-11(14-5-4-13-10)7-9(8)12(2,3)15/h6-7,15H,4-5H2,1-3H3. The van der Waals surface area contributed by atoms with Gasteiger partial charge in [0.2, 0.25) is 0 Å². The summed E-state index contributed by atoms with van der Waals surface area (Å²) in [4.78, 5) is 0. The molecule has 0 N–H and O–H groups in total. The lowest BCUT2D eigenvalue weighted by Gasteiger charge is -2.25. The van der Waals surface area contributed by atoms with Crippen molar-refractivity contribution in [3.05, 3.63) is 23.3 Å². The average molecular weight is 224 g/mol. The first-order chi connectivity index (χ1) is 6.98. The van der Waals surface area contributed by atoms with Crippen LogP contribution in [0.15, 0.2) is 12.1 Å². The Labute approximate surface area is 96.0 Å². The average Bonchev–Trinajstić information content (AvgIpc) is 2.15. The minimum absolute atomic E-state index is 0.153. The third-order valence-corrected chi connectivity index (χ3v) is 2.79. The quantitative estimate of drug-likeness (QED) is 0.739. The van der Waals surface area contributed by atoms with E-state index in [0.29, 0.717) is 13.2 Å². The molecule has 1 aliphatic rings. The summed E-state index contributed by atoms with van der Waals surface area (Å²) in [6.07, 6.45) is 0. The number of fused-ring (bicyclic) bond motifs is 1. The molecule has 1 aliphatic heterocycles. The van der Waals surface area contributed by atoms with Crippen LogP contribution in [0.5, 0.6) is 11.5 Å². The van der Waals surface area contributed by atoms with Crippen LogP contribution < -0.4 is 9.47 Å². The van der Waals surface area contributed by atoms with Crippen molar-refractivity contribution in [3.8, 4) is 11.5 Å². The van der Waals surface area contributed by atoms with Gasteiger partial charge in [-0.2, -0.15) is 12.6 Å². The van der Waals surface area contributed by atoms with E-state index in [1.807, 2.05) is 12.1 Å². The summed E-state index contributed by atoms with van der Waals surface area (Å²) in [6, 6.07) is 4.07. The lowest BCUT2D eigenvalue weighted by molar-refractivity contribution is 0.171. The molecule has 0 amide bonds. The molecular weight excluding hydrogens is 208 g/mol. The second kappa shape index (κ2) is 3.63. The van der Waals surface area contributed by atoms with Gasteiger partial charge in [0.25, 0.3) is 0 Å². The molecule has 82 valence electrons. The van der Waals surface area contributed by atoms with E-state index in [2.05, 4.69) is 33.4 Å². The Kier molecular flexibility index (Phi) is 2.59. The molecule has 0 spiro atoms. The van der Waals surface area contributed by atoms with E-state index in [1.165, 1.54) is 11.1 Å². The molecule has 0 saturated heterocycles. The van der Waals surface area contributed by atoms with Crippen LogP contribution in [0, 0.1) is 6.92 Å². The molecular formula is C12H16O2S. The molecule has 1 aromatic rings. The van der Waals surface area contributed by atoms with Crippen LogP contribution in [0.2, 0.25) is 0 Å². The minimum atomic E-state index is -0.153. The predicted octanol–water partition coefficient (Wildman–Crippen LogP) is 2.93. The zero-order valence-corrected chi connectivity index (χ0v) is 10.2. The van der Waals surface area contributed by atoms with Gasteiger partial charge >= 0.3 is 0 Å². The fourth-order valence-electron chi connectivity index (χ4n) is 1.85. The third-order valence-electron chi connectivity index (χ3n) is 2.55. The lowest BCUT2D eigenvalue weighted by atomic mass is 9.96. The molecule has 0 aromatic heterocycles. The summed E-state index contributed by atoms with van der Waals surface area (Å²) in [6.45, 7) is 7.49. The first-order valence-corrected chi connectivity index (χ1v) is 5.56. The maximum Gasteiger partial charge on any atom is 0.161 e. The van der Waals surface area contributed by atoms with E-state index in [0.717, 1.165) is 11.5 Å². The number of hydrogen-bond acceptors (Lipinski definition) is 3. The summed E-state index contributed by atoms with van der Waals surface area (Å²) < 4.78 is 10.9. The highest BCUT2D eigenvalue weighted by Gasteiger charge is 2.21. The monoisotopic (exact) mass is 224 g/mol. The van der Waals surface area contributed by atoms with Gasteiger partial charge in [-0.3, -0.25) is 0 Å². The molecule has 2 rings (SSSR count). The Balaban J connectivity index is 2.50. The van der Waals surface area contributed by atoms with E-state index in [9.17, 15) is 0 Å². The first-order valence-electron chi connectivity index (χ1n) is 5.11. The normalized spacial score (nSPS) is 15.2. The van der Waals surface area contributed by atoms with Crippen molar-refractivity contribution in [2.24, 2.45) is 0 Å². The van der Waals surface area contributed by atoms with Crippen molar-refractivity contribution >= 4 is 12.6 Å². The van der Waals surface area contributed by atoms with Gasteiger partial charge in [-0.15, -0.1) is 0 Å². The van der Waals surface area contributed by atoms with Gasteiger partial charge in [-0.1, -0.05) is 0 Å². The Morgan fingerprint density at radius 1 is 1.13 bits per heavy atom. The SMILES string of the molecule is Cc1cc2c(cc1C(C)(C)S)OCCO2. The van der Waals surface area contributed by atoms with Crippen LogP contribution in [0.4, 0.5) is 0 Å². The zero-order chi connectivity index (χ0) is 11.1. The van der Waals surface area contributed by atoms with E-state index < -0.39 is 0 Å². The van der Waals surface area contributed by atoms with Crippen LogP contribution in [-0.4, -0.2) is 13.2 Å². The first kappa shape index (κ1) is 10.7. The maximum atomic E-state index is 5.56. The van der Waals surface area contributed by atoms with Crippen molar-refractivity contribution in [2.75, 3.05) is 13.2 Å². The molecule has 0 radical (unpaired) electrons. The second-order valence-corrected chi connectivity index (χ2v) is 5.49. The highest BCUT2D eigenvalue weighted by atomic mass is 32.1. The number of benzene rings is 1. The molecule has 2 nitrogen and oxygen atoms in total.